The number of aryl methyl sites for hydroxylation is 2. The number of benzene rings is 1. The molecule has 114 valence electrons. The molecule has 0 aliphatic carbocycles. The van der Waals surface area contributed by atoms with Crippen molar-refractivity contribution in [1.82, 2.24) is 19.3 Å². The van der Waals surface area contributed by atoms with E-state index in [1.165, 1.54) is 12.1 Å². The average molecular weight is 302 g/mol. The van der Waals surface area contributed by atoms with E-state index in [9.17, 15) is 14.0 Å². The van der Waals surface area contributed by atoms with Crippen molar-refractivity contribution in [3.63, 3.8) is 0 Å². The molecular formula is C15H15FN4O2. The van der Waals surface area contributed by atoms with Gasteiger partial charge in [0.1, 0.15) is 5.82 Å². The first-order valence-electron chi connectivity index (χ1n) is 6.96. The molecule has 1 N–H and O–H groups in total. The van der Waals surface area contributed by atoms with Crippen LogP contribution in [0.5, 0.6) is 0 Å². The van der Waals surface area contributed by atoms with Gasteiger partial charge in [0.25, 0.3) is 5.56 Å². The van der Waals surface area contributed by atoms with Crippen LogP contribution in [0.1, 0.15) is 18.2 Å². The van der Waals surface area contributed by atoms with E-state index in [1.54, 1.807) is 23.7 Å². The Balaban J connectivity index is 2.19. The van der Waals surface area contributed by atoms with Crippen LogP contribution in [-0.4, -0.2) is 19.3 Å². The first-order valence-corrected chi connectivity index (χ1v) is 6.96. The predicted molar refractivity (Wildman–Crippen MR) is 80.5 cm³/mol. The summed E-state index contributed by atoms with van der Waals surface area (Å²) >= 11 is 0. The van der Waals surface area contributed by atoms with E-state index in [0.717, 1.165) is 4.57 Å². The van der Waals surface area contributed by atoms with Crippen LogP contribution in [0.25, 0.3) is 11.0 Å². The summed E-state index contributed by atoms with van der Waals surface area (Å²) in [5.74, 6) is -0.361. The molecule has 2 heterocycles. The summed E-state index contributed by atoms with van der Waals surface area (Å²) in [6.07, 6.45) is 0. The Bertz CT molecular complexity index is 951. The van der Waals surface area contributed by atoms with Gasteiger partial charge in [-0.05, 0) is 31.5 Å². The molecule has 0 spiro atoms. The molecule has 6 nitrogen and oxygen atoms in total. The Labute approximate surface area is 124 Å². The molecule has 2 aromatic heterocycles. The fourth-order valence-corrected chi connectivity index (χ4v) is 2.49. The van der Waals surface area contributed by atoms with Crippen molar-refractivity contribution in [3.8, 4) is 0 Å². The van der Waals surface area contributed by atoms with Crippen LogP contribution in [0.2, 0.25) is 0 Å². The molecule has 0 fully saturated rings. The molecule has 0 bridgehead atoms. The lowest BCUT2D eigenvalue weighted by Crippen LogP contribution is -2.36. The second kappa shape index (κ2) is 5.25. The second-order valence-corrected chi connectivity index (χ2v) is 5.07. The van der Waals surface area contributed by atoms with E-state index in [4.69, 9.17) is 0 Å². The number of nitrogens with one attached hydrogen (secondary N) is 1. The lowest BCUT2D eigenvalue weighted by Gasteiger charge is -2.06. The van der Waals surface area contributed by atoms with Gasteiger partial charge in [0.2, 0.25) is 0 Å². The highest BCUT2D eigenvalue weighted by Crippen LogP contribution is 2.10. The Morgan fingerprint density at radius 3 is 2.55 bits per heavy atom. The fraction of sp³-hybridized carbons (Fsp3) is 0.267. The zero-order valence-corrected chi connectivity index (χ0v) is 12.3. The maximum absolute atomic E-state index is 12.9. The van der Waals surface area contributed by atoms with Gasteiger partial charge in [0.05, 0.1) is 17.8 Å². The molecule has 0 aliphatic heterocycles. The van der Waals surface area contributed by atoms with Crippen LogP contribution in [-0.2, 0) is 13.1 Å². The molecule has 3 aromatic rings. The Hall–Kier alpha value is -2.70. The minimum absolute atomic E-state index is 0.0817. The fourth-order valence-electron chi connectivity index (χ4n) is 2.49. The van der Waals surface area contributed by atoms with E-state index in [1.807, 2.05) is 6.92 Å². The smallest absolute Gasteiger partial charge is 0.304 e. The Morgan fingerprint density at radius 2 is 1.91 bits per heavy atom. The summed E-state index contributed by atoms with van der Waals surface area (Å²) in [7, 11) is 0. The van der Waals surface area contributed by atoms with Gasteiger partial charge in [-0.1, -0.05) is 12.1 Å². The van der Waals surface area contributed by atoms with Crippen molar-refractivity contribution in [2.24, 2.45) is 0 Å². The maximum Gasteiger partial charge on any atom is 0.329 e. The van der Waals surface area contributed by atoms with Gasteiger partial charge in [-0.25, -0.2) is 9.18 Å². The van der Waals surface area contributed by atoms with E-state index in [-0.39, 0.29) is 12.4 Å². The van der Waals surface area contributed by atoms with Gasteiger partial charge in [0, 0.05) is 6.54 Å². The molecule has 0 unspecified atom stereocenters. The van der Waals surface area contributed by atoms with Gasteiger partial charge < -0.3 is 4.98 Å². The second-order valence-electron chi connectivity index (χ2n) is 5.07. The highest BCUT2D eigenvalue weighted by molar-refractivity contribution is 5.76. The highest BCUT2D eigenvalue weighted by Gasteiger charge is 2.15. The summed E-state index contributed by atoms with van der Waals surface area (Å²) in [5, 5.41) is 4.25. The van der Waals surface area contributed by atoms with Gasteiger partial charge >= 0.3 is 5.69 Å². The maximum atomic E-state index is 12.9. The van der Waals surface area contributed by atoms with Crippen LogP contribution >= 0.6 is 0 Å². The molecule has 3 rings (SSSR count). The molecule has 1 aromatic carbocycles. The van der Waals surface area contributed by atoms with Crippen molar-refractivity contribution in [2.45, 2.75) is 26.9 Å². The summed E-state index contributed by atoms with van der Waals surface area (Å²) < 4.78 is 15.6. The minimum Gasteiger partial charge on any atom is -0.304 e. The predicted octanol–water partition coefficient (Wildman–Crippen LogP) is 1.40. The van der Waals surface area contributed by atoms with Crippen LogP contribution < -0.4 is 11.2 Å². The largest absolute Gasteiger partial charge is 0.329 e. The van der Waals surface area contributed by atoms with Crippen molar-refractivity contribution in [1.29, 1.82) is 0 Å². The van der Waals surface area contributed by atoms with Gasteiger partial charge in [-0.3, -0.25) is 14.0 Å². The summed E-state index contributed by atoms with van der Waals surface area (Å²) in [6.45, 7) is 4.23. The Morgan fingerprint density at radius 1 is 1.23 bits per heavy atom. The molecular weight excluding hydrogens is 287 g/mol. The van der Waals surface area contributed by atoms with Crippen molar-refractivity contribution >= 4 is 11.0 Å². The minimum atomic E-state index is -0.499. The van der Waals surface area contributed by atoms with E-state index < -0.39 is 11.2 Å². The molecule has 0 amide bonds. The normalized spacial score (nSPS) is 11.2. The third-order valence-electron chi connectivity index (χ3n) is 3.61. The van der Waals surface area contributed by atoms with Crippen LogP contribution in [0.4, 0.5) is 4.39 Å². The average Bonchev–Trinajstić information content (AvgIpc) is 2.82. The van der Waals surface area contributed by atoms with Crippen LogP contribution in [0.15, 0.2) is 33.9 Å². The van der Waals surface area contributed by atoms with E-state index in [2.05, 4.69) is 10.1 Å². The molecule has 0 radical (unpaired) electrons. The van der Waals surface area contributed by atoms with Crippen molar-refractivity contribution in [2.75, 3.05) is 0 Å². The highest BCUT2D eigenvalue weighted by atomic mass is 19.1. The topological polar surface area (TPSA) is 72.7 Å². The third-order valence-corrected chi connectivity index (χ3v) is 3.61. The first-order chi connectivity index (χ1) is 10.5. The number of rotatable bonds is 3. The first kappa shape index (κ1) is 14.2. The standard InChI is InChI=1S/C15H15FN4O2/c1-3-20-13-12(9(2)18-20)17-15(22)19(14(13)21)8-10-4-6-11(16)7-5-10/h4-7H,3,8H2,1-2H3,(H,17,22). The van der Waals surface area contributed by atoms with Gasteiger partial charge in [-0.15, -0.1) is 0 Å². The van der Waals surface area contributed by atoms with Crippen molar-refractivity contribution < 1.29 is 4.39 Å². The number of aromatic amines is 1. The lowest BCUT2D eigenvalue weighted by molar-refractivity contribution is 0.625. The van der Waals surface area contributed by atoms with E-state index >= 15 is 0 Å². The molecule has 0 aliphatic rings. The van der Waals surface area contributed by atoms with Gasteiger partial charge in [-0.2, -0.15) is 5.10 Å². The number of halogens is 1. The molecule has 0 atom stereocenters. The van der Waals surface area contributed by atoms with E-state index in [0.29, 0.717) is 28.8 Å². The third kappa shape index (κ3) is 2.24. The van der Waals surface area contributed by atoms with Gasteiger partial charge in [0.15, 0.2) is 5.52 Å². The molecule has 0 saturated carbocycles. The zero-order valence-electron chi connectivity index (χ0n) is 12.3. The number of nitrogens with zero attached hydrogens (tertiary/aromatic N) is 3. The summed E-state index contributed by atoms with van der Waals surface area (Å²) in [4.78, 5) is 27.5. The van der Waals surface area contributed by atoms with Crippen LogP contribution in [0, 0.1) is 12.7 Å². The number of hydrogen-bond donors (Lipinski definition) is 1. The lowest BCUT2D eigenvalue weighted by atomic mass is 10.2. The molecule has 22 heavy (non-hydrogen) atoms. The number of aromatic nitrogens is 4. The SMILES string of the molecule is CCn1nc(C)c2[nH]c(=O)n(Cc3ccc(F)cc3)c(=O)c21. The monoisotopic (exact) mass is 302 g/mol. The Kier molecular flexibility index (Phi) is 3.40. The van der Waals surface area contributed by atoms with Crippen LogP contribution in [0.3, 0.4) is 0 Å². The molecule has 0 saturated heterocycles. The zero-order chi connectivity index (χ0) is 15.9. The number of hydrogen-bond acceptors (Lipinski definition) is 3. The number of fused-ring (bicyclic) bond motifs is 1. The van der Waals surface area contributed by atoms with Crippen molar-refractivity contribution in [3.05, 3.63) is 62.2 Å². The quantitative estimate of drug-likeness (QED) is 0.795. The summed E-state index contributed by atoms with van der Waals surface area (Å²) in [5.41, 5.74) is 1.23. The molecule has 7 heteroatoms. The number of H-pyrrole nitrogens is 1. The summed E-state index contributed by atoms with van der Waals surface area (Å²) in [6, 6.07) is 5.70.